The molecule has 0 unspecified atom stereocenters. The van der Waals surface area contributed by atoms with Gasteiger partial charge in [-0.3, -0.25) is 9.78 Å². The molecular formula is C21H22N4O3. The summed E-state index contributed by atoms with van der Waals surface area (Å²) in [5.41, 5.74) is 1.49. The number of hydrogen-bond acceptors (Lipinski definition) is 6. The third kappa shape index (κ3) is 3.88. The molecule has 0 atom stereocenters. The van der Waals surface area contributed by atoms with Crippen LogP contribution >= 0.6 is 0 Å². The second-order valence-corrected chi connectivity index (χ2v) is 6.72. The molecule has 1 fully saturated rings. The van der Waals surface area contributed by atoms with Crippen molar-refractivity contribution in [2.75, 3.05) is 19.7 Å². The van der Waals surface area contributed by atoms with Crippen molar-refractivity contribution in [3.63, 3.8) is 0 Å². The van der Waals surface area contributed by atoms with Crippen LogP contribution in [0.5, 0.6) is 5.75 Å². The molecule has 0 N–H and O–H groups in total. The maximum absolute atomic E-state index is 12.7. The Hall–Kier alpha value is -3.22. The quantitative estimate of drug-likeness (QED) is 0.675. The first-order valence-electron chi connectivity index (χ1n) is 9.50. The highest BCUT2D eigenvalue weighted by Gasteiger charge is 2.27. The van der Waals surface area contributed by atoms with Gasteiger partial charge in [0.25, 0.3) is 11.8 Å². The van der Waals surface area contributed by atoms with E-state index in [-0.39, 0.29) is 11.8 Å². The number of amides is 1. The van der Waals surface area contributed by atoms with Gasteiger partial charge in [0.15, 0.2) is 5.82 Å². The van der Waals surface area contributed by atoms with Gasteiger partial charge in [0.05, 0.1) is 12.2 Å². The molecule has 1 saturated heterocycles. The first-order valence-corrected chi connectivity index (χ1v) is 9.50. The Morgan fingerprint density at radius 3 is 2.68 bits per heavy atom. The molecule has 1 aromatic carbocycles. The molecule has 28 heavy (non-hydrogen) atoms. The molecule has 3 aromatic rings. The van der Waals surface area contributed by atoms with Crippen molar-refractivity contribution in [2.24, 2.45) is 0 Å². The third-order valence-electron chi connectivity index (χ3n) is 4.91. The van der Waals surface area contributed by atoms with Crippen LogP contribution < -0.4 is 4.74 Å². The Morgan fingerprint density at radius 2 is 2.00 bits per heavy atom. The van der Waals surface area contributed by atoms with Gasteiger partial charge in [-0.25, -0.2) is 0 Å². The number of carbonyl (C=O) groups is 1. The summed E-state index contributed by atoms with van der Waals surface area (Å²) in [6, 6.07) is 11.0. The van der Waals surface area contributed by atoms with Crippen molar-refractivity contribution in [3.8, 4) is 17.2 Å². The van der Waals surface area contributed by atoms with Crippen LogP contribution in [0.3, 0.4) is 0 Å². The summed E-state index contributed by atoms with van der Waals surface area (Å²) in [5, 5.41) is 4.14. The largest absolute Gasteiger partial charge is 0.494 e. The van der Waals surface area contributed by atoms with Crippen LogP contribution in [0.15, 0.2) is 53.3 Å². The summed E-state index contributed by atoms with van der Waals surface area (Å²) < 4.78 is 10.8. The van der Waals surface area contributed by atoms with Gasteiger partial charge in [0.1, 0.15) is 5.75 Å². The SMILES string of the molecule is CCOc1ccc(C(=O)N2CCC(c3noc(-c4cccnc4)n3)CC2)cc1. The minimum atomic E-state index is 0.0469. The first-order chi connectivity index (χ1) is 13.7. The fourth-order valence-corrected chi connectivity index (χ4v) is 3.39. The van der Waals surface area contributed by atoms with Crippen LogP contribution in [0.2, 0.25) is 0 Å². The molecule has 0 bridgehead atoms. The number of carbonyl (C=O) groups excluding carboxylic acids is 1. The van der Waals surface area contributed by atoms with E-state index >= 15 is 0 Å². The summed E-state index contributed by atoms with van der Waals surface area (Å²) in [6.45, 7) is 3.90. The van der Waals surface area contributed by atoms with Gasteiger partial charge in [-0.15, -0.1) is 0 Å². The second kappa shape index (κ2) is 8.21. The number of likely N-dealkylation sites (tertiary alicyclic amines) is 1. The maximum atomic E-state index is 12.7. The van der Waals surface area contributed by atoms with Gasteiger partial charge in [-0.2, -0.15) is 4.98 Å². The van der Waals surface area contributed by atoms with E-state index in [2.05, 4.69) is 15.1 Å². The molecule has 0 radical (unpaired) electrons. The minimum absolute atomic E-state index is 0.0469. The topological polar surface area (TPSA) is 81.4 Å². The van der Waals surface area contributed by atoms with Gasteiger partial charge in [-0.05, 0) is 56.2 Å². The number of aromatic nitrogens is 3. The third-order valence-corrected chi connectivity index (χ3v) is 4.91. The molecule has 4 rings (SSSR count). The van der Waals surface area contributed by atoms with Crippen LogP contribution in [0.4, 0.5) is 0 Å². The maximum Gasteiger partial charge on any atom is 0.259 e. The normalized spacial score (nSPS) is 14.8. The van der Waals surface area contributed by atoms with Crippen molar-refractivity contribution in [3.05, 3.63) is 60.2 Å². The zero-order chi connectivity index (χ0) is 19.3. The highest BCUT2D eigenvalue weighted by molar-refractivity contribution is 5.94. The molecule has 2 aromatic heterocycles. The number of nitrogens with zero attached hydrogens (tertiary/aromatic N) is 4. The molecule has 0 spiro atoms. The standard InChI is InChI=1S/C21H22N4O3/c1-2-27-18-7-5-16(6-8-18)21(26)25-12-9-15(10-13-25)19-23-20(28-24-19)17-4-3-11-22-14-17/h3-8,11,14-15H,2,9-10,12-13H2,1H3. The molecule has 144 valence electrons. The zero-order valence-electron chi connectivity index (χ0n) is 15.7. The Kier molecular flexibility index (Phi) is 5.32. The van der Waals surface area contributed by atoms with E-state index in [9.17, 15) is 4.79 Å². The zero-order valence-corrected chi connectivity index (χ0v) is 15.7. The van der Waals surface area contributed by atoms with Gasteiger partial charge < -0.3 is 14.2 Å². The molecule has 0 aliphatic carbocycles. The smallest absolute Gasteiger partial charge is 0.259 e. The van der Waals surface area contributed by atoms with Crippen LogP contribution in [-0.4, -0.2) is 45.6 Å². The number of hydrogen-bond donors (Lipinski definition) is 0. The van der Waals surface area contributed by atoms with Crippen LogP contribution in [-0.2, 0) is 0 Å². The van der Waals surface area contributed by atoms with Gasteiger partial charge in [-0.1, -0.05) is 5.16 Å². The summed E-state index contributed by atoms with van der Waals surface area (Å²) in [7, 11) is 0. The lowest BCUT2D eigenvalue weighted by Gasteiger charge is -2.30. The van der Waals surface area contributed by atoms with E-state index in [1.165, 1.54) is 0 Å². The molecule has 1 aliphatic heterocycles. The predicted molar refractivity (Wildman–Crippen MR) is 103 cm³/mol. The lowest BCUT2D eigenvalue weighted by Crippen LogP contribution is -2.38. The predicted octanol–water partition coefficient (Wildman–Crippen LogP) is 3.55. The Labute approximate surface area is 163 Å². The second-order valence-electron chi connectivity index (χ2n) is 6.72. The highest BCUT2D eigenvalue weighted by atomic mass is 16.5. The van der Waals surface area contributed by atoms with Crippen LogP contribution in [0.1, 0.15) is 41.9 Å². The fourth-order valence-electron chi connectivity index (χ4n) is 3.39. The molecule has 1 amide bonds. The van der Waals surface area contributed by atoms with Crippen molar-refractivity contribution in [1.82, 2.24) is 20.0 Å². The van der Waals surface area contributed by atoms with Crippen molar-refractivity contribution in [1.29, 1.82) is 0 Å². The van der Waals surface area contributed by atoms with E-state index in [0.717, 1.165) is 24.2 Å². The average molecular weight is 378 g/mol. The number of benzene rings is 1. The minimum Gasteiger partial charge on any atom is -0.494 e. The van der Waals surface area contributed by atoms with Crippen molar-refractivity contribution >= 4 is 5.91 Å². The van der Waals surface area contributed by atoms with E-state index in [4.69, 9.17) is 9.26 Å². The van der Waals surface area contributed by atoms with E-state index in [1.807, 2.05) is 48.2 Å². The molecule has 1 aliphatic rings. The Morgan fingerprint density at radius 1 is 1.21 bits per heavy atom. The Balaban J connectivity index is 1.37. The number of piperidine rings is 1. The summed E-state index contributed by atoms with van der Waals surface area (Å²) in [5.74, 6) is 2.20. The van der Waals surface area contributed by atoms with Gasteiger partial charge >= 0.3 is 0 Å². The molecule has 0 saturated carbocycles. The molecule has 7 heteroatoms. The number of pyridine rings is 1. The average Bonchev–Trinajstić information content (AvgIpc) is 3.25. The molecular weight excluding hydrogens is 356 g/mol. The number of ether oxygens (including phenoxy) is 1. The van der Waals surface area contributed by atoms with E-state index < -0.39 is 0 Å². The first kappa shape index (κ1) is 18.2. The van der Waals surface area contributed by atoms with E-state index in [0.29, 0.717) is 37.0 Å². The fraction of sp³-hybridized carbons (Fsp3) is 0.333. The molecule has 3 heterocycles. The van der Waals surface area contributed by atoms with Gasteiger partial charge in [0.2, 0.25) is 0 Å². The Bertz CT molecular complexity index is 916. The summed E-state index contributed by atoms with van der Waals surface area (Å²) in [6.07, 6.45) is 5.04. The van der Waals surface area contributed by atoms with Crippen molar-refractivity contribution < 1.29 is 14.1 Å². The van der Waals surface area contributed by atoms with Crippen LogP contribution in [0.25, 0.3) is 11.5 Å². The molecule has 7 nitrogen and oxygen atoms in total. The summed E-state index contributed by atoms with van der Waals surface area (Å²) in [4.78, 5) is 23.2. The van der Waals surface area contributed by atoms with Crippen molar-refractivity contribution in [2.45, 2.75) is 25.7 Å². The van der Waals surface area contributed by atoms with E-state index in [1.54, 1.807) is 12.4 Å². The highest BCUT2D eigenvalue weighted by Crippen LogP contribution is 2.28. The lowest BCUT2D eigenvalue weighted by atomic mass is 9.95. The number of rotatable bonds is 5. The van der Waals surface area contributed by atoms with Gasteiger partial charge in [0, 0.05) is 37.0 Å². The van der Waals surface area contributed by atoms with Crippen LogP contribution in [0, 0.1) is 0 Å². The summed E-state index contributed by atoms with van der Waals surface area (Å²) >= 11 is 0. The monoisotopic (exact) mass is 378 g/mol. The lowest BCUT2D eigenvalue weighted by molar-refractivity contribution is 0.0710.